The number of nitrogens with zero attached hydrogens (tertiary/aromatic N) is 5. The van der Waals surface area contributed by atoms with Crippen LogP contribution in [-0.2, 0) is 51.3 Å². The number of likely N-dealkylation sites (tertiary alicyclic amines) is 2. The third kappa shape index (κ3) is 23.4. The fourth-order valence-electron chi connectivity index (χ4n) is 12.6. The molecule has 4 atom stereocenters. The first kappa shape index (κ1) is 83.8. The van der Waals surface area contributed by atoms with Crippen molar-refractivity contribution in [3.8, 4) is 46.0 Å². The number of fused-ring (bicyclic) bond motifs is 2. The summed E-state index contributed by atoms with van der Waals surface area (Å²) < 4.78 is 66.1. The van der Waals surface area contributed by atoms with Crippen molar-refractivity contribution < 1.29 is 90.7 Å². The molecule has 0 saturated carbocycles. The van der Waals surface area contributed by atoms with Crippen molar-refractivity contribution >= 4 is 58.6 Å². The molecule has 25 heteroatoms. The van der Waals surface area contributed by atoms with Crippen LogP contribution in [0.3, 0.4) is 0 Å². The molecule has 3 N–H and O–H groups in total. The highest BCUT2D eigenvalue weighted by molar-refractivity contribution is 6.01. The Morgan fingerprint density at radius 3 is 1.37 bits per heavy atom. The van der Waals surface area contributed by atoms with Crippen LogP contribution >= 0.6 is 0 Å². The maximum atomic E-state index is 14.8. The minimum absolute atomic E-state index is 0. The molecular formula is C80H108N6O19. The molecule has 6 aromatic rings. The van der Waals surface area contributed by atoms with Gasteiger partial charge in [0.05, 0.1) is 51.6 Å². The fraction of sp³-hybridized carbons (Fsp3) is 0.475. The summed E-state index contributed by atoms with van der Waals surface area (Å²) in [5.41, 5.74) is 10.6. The number of rotatable bonds is 24. The van der Waals surface area contributed by atoms with Crippen molar-refractivity contribution in [2.45, 2.75) is 125 Å². The Morgan fingerprint density at radius 2 is 0.962 bits per heavy atom. The first-order chi connectivity index (χ1) is 49.2. The van der Waals surface area contributed by atoms with Gasteiger partial charge in [-0.3, -0.25) is 19.2 Å². The zero-order valence-electron chi connectivity index (χ0n) is 61.5. The van der Waals surface area contributed by atoms with Gasteiger partial charge in [-0.15, -0.1) is 0 Å². The maximum absolute atomic E-state index is 14.8. The second-order valence-electron chi connectivity index (χ2n) is 27.2. The first-order valence-electron chi connectivity index (χ1n) is 34.5. The van der Waals surface area contributed by atoms with Gasteiger partial charge in [0, 0.05) is 103 Å². The van der Waals surface area contributed by atoms with Crippen LogP contribution in [0.2, 0.25) is 0 Å². The van der Waals surface area contributed by atoms with Gasteiger partial charge in [0.25, 0.3) is 11.8 Å². The molecule has 5 amide bonds. The van der Waals surface area contributed by atoms with E-state index in [0.717, 1.165) is 34.4 Å². The molecular weight excluding hydrogens is 1350 g/mol. The summed E-state index contributed by atoms with van der Waals surface area (Å²) in [6, 6.07) is 37.2. The van der Waals surface area contributed by atoms with E-state index >= 15 is 0 Å². The molecule has 4 heterocycles. The molecule has 2 saturated heterocycles. The molecule has 4 unspecified atom stereocenters. The van der Waals surface area contributed by atoms with Gasteiger partial charge in [0.1, 0.15) is 70.4 Å². The molecule has 0 bridgehead atoms. The molecule has 6 aromatic carbocycles. The standard InChI is InChI=1S/C40H51N3O9.C26H33NO7.C12H16N2O3.2CH4/c1-8-42(29-13-14-36-35(22-29)43(16-10-18-47-5)37(44)26-51-36)38(45)34-24-41(39(46)52-40(2,3)4)17-15-33(34)28-11-9-12-30(21-28)50-25-27-19-31(48-6)23-32(20-27)49-7;1-26(2,3)34-25(30)27-10-9-22(23(15-27)24(28)29)18-7-6-8-19(13-18)33-16-17-11-20(31-4)14-21(12-17)32-5;1-16-6-2-5-14-10-7-9(13)3-4-11(10)17-8-12(14)15;;/h9,11-14,19-23,33-34H,8,10,15-18,24-26H2,1-7H3;6-8,11-14,22-23H,9-10,15-16H2,1-5H3,(H,28,29);3-4,7H,2,5-6,8,13H2,1H3;2*1H4. The second kappa shape index (κ2) is 39.1. The molecule has 0 aliphatic carbocycles. The molecule has 0 spiro atoms. The van der Waals surface area contributed by atoms with E-state index in [-0.39, 0.29) is 77.3 Å². The predicted octanol–water partition coefficient (Wildman–Crippen LogP) is 13.4. The molecule has 25 nitrogen and oxygen atoms in total. The average molecular weight is 1460 g/mol. The van der Waals surface area contributed by atoms with Crippen LogP contribution in [-0.4, -0.2) is 177 Å². The number of aliphatic carboxylic acids is 1. The number of nitrogen functional groups attached to an aromatic ring is 1. The highest BCUT2D eigenvalue weighted by Crippen LogP contribution is 2.42. The van der Waals surface area contributed by atoms with Gasteiger partial charge in [0.2, 0.25) is 5.91 Å². The summed E-state index contributed by atoms with van der Waals surface area (Å²) in [7, 11) is 9.67. The lowest BCUT2D eigenvalue weighted by Gasteiger charge is -2.40. The van der Waals surface area contributed by atoms with E-state index in [0.29, 0.717) is 135 Å². The summed E-state index contributed by atoms with van der Waals surface area (Å²) in [4.78, 5) is 85.5. The highest BCUT2D eigenvalue weighted by atomic mass is 16.6. The minimum atomic E-state index is -0.937. The number of carboxylic acids is 1. The second-order valence-corrected chi connectivity index (χ2v) is 27.2. The zero-order valence-corrected chi connectivity index (χ0v) is 61.5. The fourth-order valence-corrected chi connectivity index (χ4v) is 12.6. The van der Waals surface area contributed by atoms with E-state index in [1.165, 1.54) is 4.90 Å². The number of carbonyl (C=O) groups excluding carboxylic acids is 5. The normalized spacial score (nSPS) is 16.7. The summed E-state index contributed by atoms with van der Waals surface area (Å²) in [5.74, 6) is 2.22. The number of ether oxygens (including phenoxy) is 12. The van der Waals surface area contributed by atoms with Gasteiger partial charge in [0.15, 0.2) is 13.2 Å². The molecule has 0 radical (unpaired) electrons. The van der Waals surface area contributed by atoms with E-state index in [2.05, 4.69) is 0 Å². The van der Waals surface area contributed by atoms with Crippen LogP contribution < -0.4 is 58.3 Å². The van der Waals surface area contributed by atoms with E-state index in [9.17, 15) is 33.9 Å². The molecule has 572 valence electrons. The van der Waals surface area contributed by atoms with Gasteiger partial charge in [-0.25, -0.2) is 9.59 Å². The lowest BCUT2D eigenvalue weighted by molar-refractivity contribution is -0.144. The first-order valence-corrected chi connectivity index (χ1v) is 34.5. The van der Waals surface area contributed by atoms with Crippen molar-refractivity contribution in [1.29, 1.82) is 0 Å². The number of carbonyl (C=O) groups is 6. The van der Waals surface area contributed by atoms with Gasteiger partial charge < -0.3 is 92.2 Å². The third-order valence-electron chi connectivity index (χ3n) is 17.5. The van der Waals surface area contributed by atoms with Crippen LogP contribution in [0.15, 0.2) is 121 Å². The Hall–Kier alpha value is -10.1. The number of nitrogens with two attached hydrogens (primary N) is 1. The summed E-state index contributed by atoms with van der Waals surface area (Å²) in [5, 5.41) is 9.89. The van der Waals surface area contributed by atoms with Crippen LogP contribution in [0.5, 0.6) is 46.0 Å². The molecule has 4 aliphatic heterocycles. The Balaban J connectivity index is 0.000000278. The largest absolute Gasteiger partial charge is 0.497 e. The van der Waals surface area contributed by atoms with Crippen LogP contribution in [0.4, 0.5) is 32.3 Å². The molecule has 10 rings (SSSR count). The lowest BCUT2D eigenvalue weighted by atomic mass is 9.79. The Bertz CT molecular complexity index is 3830. The minimum Gasteiger partial charge on any atom is -0.497 e. The number of methoxy groups -OCH3 is 6. The van der Waals surface area contributed by atoms with Gasteiger partial charge in [-0.05, 0) is 187 Å². The predicted molar refractivity (Wildman–Crippen MR) is 403 cm³/mol. The summed E-state index contributed by atoms with van der Waals surface area (Å²) in [6.07, 6.45) is 1.58. The van der Waals surface area contributed by atoms with Crippen LogP contribution in [0.25, 0.3) is 0 Å². The van der Waals surface area contributed by atoms with Crippen molar-refractivity contribution in [1.82, 2.24) is 9.80 Å². The molecule has 0 aromatic heterocycles. The Labute approximate surface area is 618 Å². The van der Waals surface area contributed by atoms with Gasteiger partial charge in [-0.2, -0.15) is 0 Å². The summed E-state index contributed by atoms with van der Waals surface area (Å²) >= 11 is 0. The maximum Gasteiger partial charge on any atom is 0.410 e. The van der Waals surface area contributed by atoms with Gasteiger partial charge >= 0.3 is 18.2 Å². The van der Waals surface area contributed by atoms with E-state index in [4.69, 9.17) is 62.6 Å². The van der Waals surface area contributed by atoms with Crippen molar-refractivity contribution in [3.63, 3.8) is 0 Å². The van der Waals surface area contributed by atoms with Crippen molar-refractivity contribution in [2.75, 3.05) is 135 Å². The van der Waals surface area contributed by atoms with Crippen LogP contribution in [0.1, 0.15) is 123 Å². The number of piperidine rings is 2. The SMILES string of the molecule is C.C.CCN(C(=O)C1CN(C(=O)OC(C)(C)C)CCC1c1cccc(OCc2cc(OC)cc(OC)c2)c1)c1ccc2c(c1)N(CCCOC)C(=O)CO2.COCCCN1C(=O)COc2ccc(N)cc21.COc1cc(COc2cccc(C3CCN(C(=O)OC(C)(C)C)CC3C(=O)O)c2)cc(OC)c1. The zero-order chi connectivity index (χ0) is 74.5. The highest BCUT2D eigenvalue weighted by Gasteiger charge is 2.42. The molecule has 105 heavy (non-hydrogen) atoms. The quantitative estimate of drug-likeness (QED) is 0.0421. The third-order valence-corrected chi connectivity index (χ3v) is 17.5. The van der Waals surface area contributed by atoms with E-state index in [1.807, 2.05) is 113 Å². The molecule has 4 aliphatic rings. The lowest BCUT2D eigenvalue weighted by Crippen LogP contribution is -2.51. The smallest absolute Gasteiger partial charge is 0.410 e. The number of amides is 5. The van der Waals surface area contributed by atoms with Crippen LogP contribution in [0, 0.1) is 11.8 Å². The topological polar surface area (TPSA) is 276 Å². The monoisotopic (exact) mass is 1460 g/mol. The Morgan fingerprint density at radius 1 is 0.543 bits per heavy atom. The average Bonchev–Trinajstić information content (AvgIpc) is 0.797. The Kier molecular flexibility index (Phi) is 31.2. The number of anilines is 4. The van der Waals surface area contributed by atoms with Gasteiger partial charge in [-0.1, -0.05) is 39.1 Å². The van der Waals surface area contributed by atoms with Crippen molar-refractivity contribution in [3.05, 3.63) is 144 Å². The number of carboxylic acid groups (broad SMARTS) is 1. The molecule has 2 fully saturated rings. The van der Waals surface area contributed by atoms with E-state index < -0.39 is 41.2 Å². The number of benzene rings is 6. The number of hydrogen-bond donors (Lipinski definition) is 2. The number of hydrogen-bond acceptors (Lipinski definition) is 19. The summed E-state index contributed by atoms with van der Waals surface area (Å²) in [6.45, 7) is 17.1. The van der Waals surface area contributed by atoms with E-state index in [1.54, 1.807) is 119 Å². The van der Waals surface area contributed by atoms with Crippen molar-refractivity contribution in [2.24, 2.45) is 11.8 Å².